The minimum atomic E-state index is -1.25. The molecule has 7 nitrogen and oxygen atoms in total. The molecule has 0 unspecified atom stereocenters. The van der Waals surface area contributed by atoms with E-state index >= 15 is 0 Å². The topological polar surface area (TPSA) is 104 Å². The molecule has 0 bridgehead atoms. The van der Waals surface area contributed by atoms with Crippen molar-refractivity contribution in [2.24, 2.45) is 0 Å². The van der Waals surface area contributed by atoms with Gasteiger partial charge in [0.2, 0.25) is 5.91 Å². The van der Waals surface area contributed by atoms with Crippen LogP contribution in [0.1, 0.15) is 18.0 Å². The van der Waals surface area contributed by atoms with Crippen molar-refractivity contribution in [2.75, 3.05) is 6.54 Å². The van der Waals surface area contributed by atoms with Crippen LogP contribution < -0.4 is 16.0 Å². The van der Waals surface area contributed by atoms with E-state index < -0.39 is 17.9 Å². The van der Waals surface area contributed by atoms with Crippen molar-refractivity contribution >= 4 is 22.8 Å². The first kappa shape index (κ1) is 18.3. The summed E-state index contributed by atoms with van der Waals surface area (Å²) in [6, 6.07) is 15.4. The van der Waals surface area contributed by atoms with Crippen molar-refractivity contribution in [3.8, 4) is 0 Å². The maximum atomic E-state index is 12.9. The number of aliphatic carboxylic acids is 1. The van der Waals surface area contributed by atoms with Gasteiger partial charge < -0.3 is 15.2 Å². The summed E-state index contributed by atoms with van der Waals surface area (Å²) in [5, 5.41) is 13.6. The highest BCUT2D eigenvalue weighted by Crippen LogP contribution is 2.15. The second-order valence-electron chi connectivity index (χ2n) is 6.09. The number of nitrogens with zero attached hydrogens (tertiary/aromatic N) is 2. The Balaban J connectivity index is 1.96. The summed E-state index contributed by atoms with van der Waals surface area (Å²) in [5.41, 5.74) is 1.10. The van der Waals surface area contributed by atoms with E-state index in [1.807, 2.05) is 30.3 Å². The van der Waals surface area contributed by atoms with Crippen LogP contribution in [0.5, 0.6) is 0 Å². The number of carbonyl (C=O) groups excluding carboxylic acids is 2. The number of nitrogens with one attached hydrogen (secondary N) is 1. The van der Waals surface area contributed by atoms with Crippen molar-refractivity contribution in [3.05, 3.63) is 76.8 Å². The Hall–Kier alpha value is -3.48. The lowest BCUT2D eigenvalue weighted by Gasteiger charge is -2.20. The molecule has 0 fully saturated rings. The van der Waals surface area contributed by atoms with E-state index in [9.17, 15) is 19.5 Å². The summed E-state index contributed by atoms with van der Waals surface area (Å²) in [6.45, 7) is -0.0672. The van der Waals surface area contributed by atoms with Crippen LogP contribution in [-0.2, 0) is 16.0 Å². The Morgan fingerprint density at radius 1 is 1.07 bits per heavy atom. The van der Waals surface area contributed by atoms with Gasteiger partial charge in [-0.15, -0.1) is 0 Å². The maximum Gasteiger partial charge on any atom is 0.261 e. The van der Waals surface area contributed by atoms with Gasteiger partial charge in [-0.25, -0.2) is 4.98 Å². The fraction of sp³-hybridized carbons (Fsp3) is 0.200. The molecule has 0 aliphatic carbocycles. The van der Waals surface area contributed by atoms with Crippen LogP contribution >= 0.6 is 0 Å². The maximum absolute atomic E-state index is 12.9. The Kier molecular flexibility index (Phi) is 5.61. The number of amides is 1. The molecule has 27 heavy (non-hydrogen) atoms. The quantitative estimate of drug-likeness (QED) is 0.655. The lowest BCUT2D eigenvalue weighted by molar-refractivity contribution is -0.305. The third-order valence-electron chi connectivity index (χ3n) is 4.23. The van der Waals surface area contributed by atoms with Gasteiger partial charge in [0.15, 0.2) is 0 Å². The SMILES string of the molecule is O=C([O-])CCNC(=O)[C@H](Cc1ccccc1)n1cnc2ccccc2c1=O. The second kappa shape index (κ2) is 8.27. The van der Waals surface area contributed by atoms with Gasteiger partial charge in [0.05, 0.1) is 17.2 Å². The highest BCUT2D eigenvalue weighted by atomic mass is 16.4. The number of carbonyl (C=O) groups is 2. The summed E-state index contributed by atoms with van der Waals surface area (Å²) in [6.07, 6.45) is 1.34. The van der Waals surface area contributed by atoms with Crippen molar-refractivity contribution in [3.63, 3.8) is 0 Å². The molecule has 3 rings (SSSR count). The average Bonchev–Trinajstić information content (AvgIpc) is 2.67. The van der Waals surface area contributed by atoms with E-state index in [1.165, 1.54) is 10.9 Å². The highest BCUT2D eigenvalue weighted by Gasteiger charge is 2.22. The number of carboxylic acids is 1. The molecule has 1 aromatic heterocycles. The summed E-state index contributed by atoms with van der Waals surface area (Å²) in [4.78, 5) is 40.5. The summed E-state index contributed by atoms with van der Waals surface area (Å²) >= 11 is 0. The van der Waals surface area contributed by atoms with E-state index in [0.717, 1.165) is 5.56 Å². The van der Waals surface area contributed by atoms with Crippen molar-refractivity contribution in [1.82, 2.24) is 14.9 Å². The molecule has 0 aliphatic heterocycles. The van der Waals surface area contributed by atoms with Crippen LogP contribution in [0, 0.1) is 0 Å². The highest BCUT2D eigenvalue weighted by molar-refractivity contribution is 5.82. The molecule has 0 aliphatic rings. The van der Waals surface area contributed by atoms with E-state index in [4.69, 9.17) is 0 Å². The molecular weight excluding hydrogens is 346 g/mol. The fourth-order valence-corrected chi connectivity index (χ4v) is 2.87. The van der Waals surface area contributed by atoms with E-state index in [0.29, 0.717) is 10.9 Å². The number of carboxylic acid groups (broad SMARTS) is 1. The first-order valence-corrected chi connectivity index (χ1v) is 8.53. The van der Waals surface area contributed by atoms with Gasteiger partial charge in [0.1, 0.15) is 6.04 Å². The molecule has 1 amide bonds. The van der Waals surface area contributed by atoms with Crippen molar-refractivity contribution in [1.29, 1.82) is 0 Å². The number of benzene rings is 2. The number of hydrogen-bond acceptors (Lipinski definition) is 5. The van der Waals surface area contributed by atoms with E-state index in [-0.39, 0.29) is 24.9 Å². The average molecular weight is 364 g/mol. The van der Waals surface area contributed by atoms with Crippen molar-refractivity contribution in [2.45, 2.75) is 18.9 Å². The van der Waals surface area contributed by atoms with Crippen LogP contribution in [0.4, 0.5) is 0 Å². The number of aromatic nitrogens is 2. The molecule has 1 heterocycles. The molecular formula is C20H18N3O4-. The summed E-state index contributed by atoms with van der Waals surface area (Å²) < 4.78 is 1.30. The normalized spacial score (nSPS) is 11.9. The zero-order valence-corrected chi connectivity index (χ0v) is 14.5. The minimum absolute atomic E-state index is 0.0672. The summed E-state index contributed by atoms with van der Waals surface area (Å²) in [7, 11) is 0. The summed E-state index contributed by atoms with van der Waals surface area (Å²) in [5.74, 6) is -1.70. The van der Waals surface area contributed by atoms with Gasteiger partial charge in [-0.1, -0.05) is 42.5 Å². The van der Waals surface area contributed by atoms with E-state index in [2.05, 4.69) is 10.3 Å². The van der Waals surface area contributed by atoms with Crippen molar-refractivity contribution < 1.29 is 14.7 Å². The number of rotatable bonds is 7. The Morgan fingerprint density at radius 3 is 2.52 bits per heavy atom. The third-order valence-corrected chi connectivity index (χ3v) is 4.23. The second-order valence-corrected chi connectivity index (χ2v) is 6.09. The Morgan fingerprint density at radius 2 is 1.78 bits per heavy atom. The Labute approximate surface area is 155 Å². The number of fused-ring (bicyclic) bond motifs is 1. The minimum Gasteiger partial charge on any atom is -0.550 e. The number of para-hydroxylation sites is 1. The van der Waals surface area contributed by atoms with Gasteiger partial charge in [-0.05, 0) is 17.7 Å². The Bertz CT molecular complexity index is 1010. The van der Waals surface area contributed by atoms with E-state index in [1.54, 1.807) is 24.3 Å². The van der Waals surface area contributed by atoms with Gasteiger partial charge >= 0.3 is 0 Å². The lowest BCUT2D eigenvalue weighted by atomic mass is 10.0. The third kappa shape index (κ3) is 4.38. The fourth-order valence-electron chi connectivity index (χ4n) is 2.87. The van der Waals surface area contributed by atoms with Crippen LogP contribution in [0.2, 0.25) is 0 Å². The first-order valence-electron chi connectivity index (χ1n) is 8.53. The molecule has 7 heteroatoms. The van der Waals surface area contributed by atoms with Crippen LogP contribution in [0.3, 0.4) is 0 Å². The van der Waals surface area contributed by atoms with Gasteiger partial charge in [-0.3, -0.25) is 14.2 Å². The van der Waals surface area contributed by atoms with Crippen LogP contribution in [-0.4, -0.2) is 28.0 Å². The molecule has 1 N–H and O–H groups in total. The zero-order valence-electron chi connectivity index (χ0n) is 14.5. The van der Waals surface area contributed by atoms with Gasteiger partial charge in [-0.2, -0.15) is 0 Å². The largest absolute Gasteiger partial charge is 0.550 e. The lowest BCUT2D eigenvalue weighted by Crippen LogP contribution is -2.40. The predicted octanol–water partition coefficient (Wildman–Crippen LogP) is 0.437. The monoisotopic (exact) mass is 364 g/mol. The van der Waals surface area contributed by atoms with Crippen LogP contribution in [0.25, 0.3) is 10.9 Å². The smallest absolute Gasteiger partial charge is 0.261 e. The standard InChI is InChI=1S/C20H19N3O4/c24-18(25)10-11-21-19(26)17(12-14-6-2-1-3-7-14)23-13-22-16-9-5-4-8-15(16)20(23)27/h1-9,13,17H,10-12H2,(H,21,26)(H,24,25)/p-1/t17-/m0/s1. The molecule has 0 saturated heterocycles. The zero-order chi connectivity index (χ0) is 19.2. The van der Waals surface area contributed by atoms with Gasteiger partial charge in [0.25, 0.3) is 5.56 Å². The number of hydrogen-bond donors (Lipinski definition) is 1. The molecule has 1 atom stereocenters. The van der Waals surface area contributed by atoms with Crippen LogP contribution in [0.15, 0.2) is 65.7 Å². The van der Waals surface area contributed by atoms with Gasteiger partial charge in [0, 0.05) is 25.4 Å². The predicted molar refractivity (Wildman–Crippen MR) is 97.8 cm³/mol. The molecule has 3 aromatic rings. The first-order chi connectivity index (χ1) is 13.1. The molecule has 0 radical (unpaired) electrons. The molecule has 138 valence electrons. The molecule has 2 aromatic carbocycles. The molecule has 0 saturated carbocycles. The molecule has 0 spiro atoms.